The second-order valence-electron chi connectivity index (χ2n) is 3.48. The van der Waals surface area contributed by atoms with Gasteiger partial charge in [0.05, 0.1) is 5.52 Å². The molecular formula is C10H14N4. The summed E-state index contributed by atoms with van der Waals surface area (Å²) >= 11 is 0. The minimum atomic E-state index is 0.370. The summed E-state index contributed by atoms with van der Waals surface area (Å²) in [5, 5.41) is 0. The van der Waals surface area contributed by atoms with E-state index in [0.717, 1.165) is 23.4 Å². The number of H-pyrrole nitrogens is 1. The van der Waals surface area contributed by atoms with Gasteiger partial charge in [0.1, 0.15) is 5.82 Å². The van der Waals surface area contributed by atoms with Crippen LogP contribution in [-0.2, 0) is 0 Å². The Bertz CT molecular complexity index is 388. The van der Waals surface area contributed by atoms with Crippen LogP contribution in [0.5, 0.6) is 0 Å². The lowest BCUT2D eigenvalue weighted by atomic mass is 10.1. The van der Waals surface area contributed by atoms with Gasteiger partial charge in [0.25, 0.3) is 0 Å². The van der Waals surface area contributed by atoms with Crippen molar-refractivity contribution in [1.29, 1.82) is 0 Å². The van der Waals surface area contributed by atoms with Gasteiger partial charge in [-0.2, -0.15) is 0 Å². The number of aromatic amines is 1. The molecule has 1 atom stereocenters. The third-order valence-electron chi connectivity index (χ3n) is 2.34. The maximum absolute atomic E-state index is 5.50. The number of rotatable bonds is 3. The monoisotopic (exact) mass is 190 g/mol. The zero-order valence-electron chi connectivity index (χ0n) is 8.20. The number of nitrogens with zero attached hydrogens (tertiary/aromatic N) is 2. The number of aromatic nitrogens is 3. The largest absolute Gasteiger partial charge is 0.340 e. The molecule has 3 N–H and O–H groups in total. The van der Waals surface area contributed by atoms with E-state index in [2.05, 4.69) is 21.9 Å². The van der Waals surface area contributed by atoms with Crippen LogP contribution in [-0.4, -0.2) is 21.5 Å². The molecule has 4 heteroatoms. The molecule has 0 aromatic carbocycles. The van der Waals surface area contributed by atoms with E-state index >= 15 is 0 Å². The van der Waals surface area contributed by atoms with E-state index in [1.165, 1.54) is 0 Å². The molecule has 0 aliphatic rings. The van der Waals surface area contributed by atoms with Crippen molar-refractivity contribution in [2.45, 2.75) is 19.3 Å². The molecule has 0 amide bonds. The van der Waals surface area contributed by atoms with Gasteiger partial charge < -0.3 is 10.7 Å². The first-order valence-corrected chi connectivity index (χ1v) is 4.82. The number of pyridine rings is 1. The highest BCUT2D eigenvalue weighted by Crippen LogP contribution is 2.17. The molecule has 4 nitrogen and oxygen atoms in total. The zero-order chi connectivity index (χ0) is 9.97. The number of nitrogens with one attached hydrogen (secondary N) is 1. The van der Waals surface area contributed by atoms with Crippen molar-refractivity contribution < 1.29 is 0 Å². The van der Waals surface area contributed by atoms with E-state index in [1.807, 2.05) is 12.1 Å². The summed E-state index contributed by atoms with van der Waals surface area (Å²) in [6.45, 7) is 2.80. The van der Waals surface area contributed by atoms with Gasteiger partial charge in [0, 0.05) is 12.1 Å². The van der Waals surface area contributed by atoms with Crippen molar-refractivity contribution >= 4 is 11.2 Å². The Hall–Kier alpha value is -1.42. The molecule has 2 rings (SSSR count). The van der Waals surface area contributed by atoms with Crippen LogP contribution in [0.1, 0.15) is 25.1 Å². The van der Waals surface area contributed by atoms with Gasteiger partial charge in [-0.1, -0.05) is 6.92 Å². The summed E-state index contributed by atoms with van der Waals surface area (Å²) in [5.41, 5.74) is 7.28. The van der Waals surface area contributed by atoms with Crippen molar-refractivity contribution in [3.63, 3.8) is 0 Å². The molecule has 2 heterocycles. The van der Waals surface area contributed by atoms with Gasteiger partial charge in [-0.3, -0.25) is 0 Å². The van der Waals surface area contributed by atoms with E-state index < -0.39 is 0 Å². The van der Waals surface area contributed by atoms with Gasteiger partial charge in [0.2, 0.25) is 0 Å². The Balaban J connectivity index is 2.35. The number of hydrogen-bond donors (Lipinski definition) is 2. The maximum atomic E-state index is 5.50. The Labute approximate surface area is 82.6 Å². The van der Waals surface area contributed by atoms with Crippen molar-refractivity contribution in [3.8, 4) is 0 Å². The highest BCUT2D eigenvalue weighted by atomic mass is 15.0. The fraction of sp³-hybridized carbons (Fsp3) is 0.400. The molecule has 0 aliphatic heterocycles. The second kappa shape index (κ2) is 3.75. The van der Waals surface area contributed by atoms with Crippen LogP contribution in [0.15, 0.2) is 18.3 Å². The molecular weight excluding hydrogens is 176 g/mol. The van der Waals surface area contributed by atoms with E-state index in [9.17, 15) is 0 Å². The lowest BCUT2D eigenvalue weighted by Crippen LogP contribution is -2.05. The van der Waals surface area contributed by atoms with Gasteiger partial charge in [-0.05, 0) is 25.1 Å². The van der Waals surface area contributed by atoms with Gasteiger partial charge in [-0.25, -0.2) is 9.97 Å². The number of fused-ring (bicyclic) bond motifs is 1. The number of imidazole rings is 1. The van der Waals surface area contributed by atoms with Crippen LogP contribution in [0, 0.1) is 0 Å². The summed E-state index contributed by atoms with van der Waals surface area (Å²) in [5.74, 6) is 1.35. The first-order valence-electron chi connectivity index (χ1n) is 4.82. The molecule has 14 heavy (non-hydrogen) atoms. The fourth-order valence-electron chi connectivity index (χ4n) is 1.48. The van der Waals surface area contributed by atoms with E-state index in [-0.39, 0.29) is 0 Å². The predicted molar refractivity (Wildman–Crippen MR) is 56.0 cm³/mol. The molecule has 2 aromatic heterocycles. The topological polar surface area (TPSA) is 67.6 Å². The van der Waals surface area contributed by atoms with Crippen molar-refractivity contribution in [3.05, 3.63) is 24.2 Å². The smallest absolute Gasteiger partial charge is 0.177 e. The predicted octanol–water partition coefficient (Wildman–Crippen LogP) is 1.41. The number of hydrogen-bond acceptors (Lipinski definition) is 3. The molecule has 0 saturated carbocycles. The lowest BCUT2D eigenvalue weighted by Gasteiger charge is -2.04. The van der Waals surface area contributed by atoms with Crippen LogP contribution < -0.4 is 5.73 Å². The third kappa shape index (κ3) is 1.61. The fourth-order valence-corrected chi connectivity index (χ4v) is 1.48. The number of nitrogens with two attached hydrogens (primary N) is 1. The minimum Gasteiger partial charge on any atom is -0.340 e. The summed E-state index contributed by atoms with van der Waals surface area (Å²) < 4.78 is 0. The summed E-state index contributed by atoms with van der Waals surface area (Å²) in [6, 6.07) is 3.88. The molecule has 0 radical (unpaired) electrons. The molecule has 74 valence electrons. The Morgan fingerprint density at radius 2 is 2.43 bits per heavy atom. The summed E-state index contributed by atoms with van der Waals surface area (Å²) in [6.07, 6.45) is 2.69. The minimum absolute atomic E-state index is 0.370. The van der Waals surface area contributed by atoms with Gasteiger partial charge >= 0.3 is 0 Å². The first kappa shape index (κ1) is 9.15. The second-order valence-corrected chi connectivity index (χ2v) is 3.48. The Morgan fingerprint density at radius 1 is 1.57 bits per heavy atom. The third-order valence-corrected chi connectivity index (χ3v) is 2.34. The van der Waals surface area contributed by atoms with Crippen LogP contribution in [0.3, 0.4) is 0 Å². The highest BCUT2D eigenvalue weighted by molar-refractivity contribution is 5.69. The quantitative estimate of drug-likeness (QED) is 0.769. The average molecular weight is 190 g/mol. The average Bonchev–Trinajstić information content (AvgIpc) is 2.61. The van der Waals surface area contributed by atoms with Gasteiger partial charge in [0.15, 0.2) is 5.65 Å². The van der Waals surface area contributed by atoms with E-state index in [4.69, 9.17) is 5.73 Å². The van der Waals surface area contributed by atoms with Crippen molar-refractivity contribution in [2.24, 2.45) is 5.73 Å². The SMILES string of the molecule is CC(CCN)c1nc2ncccc2[nH]1. The van der Waals surface area contributed by atoms with Crippen LogP contribution in [0.4, 0.5) is 0 Å². The van der Waals surface area contributed by atoms with Crippen LogP contribution in [0.2, 0.25) is 0 Å². The Kier molecular flexibility index (Phi) is 2.45. The molecule has 0 bridgehead atoms. The molecule has 0 spiro atoms. The van der Waals surface area contributed by atoms with Gasteiger partial charge in [-0.15, -0.1) is 0 Å². The maximum Gasteiger partial charge on any atom is 0.177 e. The standard InChI is InChI=1S/C10H14N4/c1-7(4-5-11)9-13-8-3-2-6-12-10(8)14-9/h2-3,6-7H,4-5,11H2,1H3,(H,12,13,14). The van der Waals surface area contributed by atoms with Crippen molar-refractivity contribution in [2.75, 3.05) is 6.54 Å². The van der Waals surface area contributed by atoms with E-state index in [1.54, 1.807) is 6.20 Å². The molecule has 1 unspecified atom stereocenters. The van der Waals surface area contributed by atoms with Crippen molar-refractivity contribution in [1.82, 2.24) is 15.0 Å². The van der Waals surface area contributed by atoms with Crippen LogP contribution in [0.25, 0.3) is 11.2 Å². The molecule has 2 aromatic rings. The first-order chi connectivity index (χ1) is 6.81. The molecule has 0 aliphatic carbocycles. The highest BCUT2D eigenvalue weighted by Gasteiger charge is 2.09. The zero-order valence-corrected chi connectivity index (χ0v) is 8.20. The summed E-state index contributed by atoms with van der Waals surface area (Å²) in [4.78, 5) is 11.8. The normalized spacial score (nSPS) is 13.3. The Morgan fingerprint density at radius 3 is 3.14 bits per heavy atom. The molecule has 0 fully saturated rings. The molecule has 0 saturated heterocycles. The van der Waals surface area contributed by atoms with Crippen LogP contribution >= 0.6 is 0 Å². The van der Waals surface area contributed by atoms with E-state index in [0.29, 0.717) is 12.5 Å². The summed E-state index contributed by atoms with van der Waals surface area (Å²) in [7, 11) is 0. The lowest BCUT2D eigenvalue weighted by molar-refractivity contribution is 0.657.